The molecule has 1 atom stereocenters. The Morgan fingerprint density at radius 3 is 2.40 bits per heavy atom. The maximum Gasteiger partial charge on any atom is 0.326 e. The van der Waals surface area contributed by atoms with Gasteiger partial charge in [0.05, 0.1) is 0 Å². The molecule has 5 heteroatoms. The van der Waals surface area contributed by atoms with E-state index in [1.54, 1.807) is 13.8 Å². The Labute approximate surface area is 89.2 Å². The lowest BCUT2D eigenvalue weighted by Gasteiger charge is -2.27. The third-order valence-electron chi connectivity index (χ3n) is 2.59. The van der Waals surface area contributed by atoms with Crippen molar-refractivity contribution >= 4 is 11.9 Å². The number of carbonyl (C=O) groups excluding carboxylic acids is 1. The van der Waals surface area contributed by atoms with E-state index in [1.165, 1.54) is 0 Å². The van der Waals surface area contributed by atoms with E-state index in [4.69, 9.17) is 5.11 Å². The number of carboxylic acids is 1. The minimum absolute atomic E-state index is 0.0917. The zero-order valence-corrected chi connectivity index (χ0v) is 9.12. The Bertz CT molecular complexity index is 249. The van der Waals surface area contributed by atoms with Crippen LogP contribution >= 0.6 is 0 Å². The number of rotatable bonds is 5. The van der Waals surface area contributed by atoms with Gasteiger partial charge in [-0.25, -0.2) is 4.79 Å². The van der Waals surface area contributed by atoms with E-state index in [0.29, 0.717) is 12.3 Å². The highest BCUT2D eigenvalue weighted by molar-refractivity contribution is 5.83. The topological polar surface area (TPSA) is 78.4 Å². The summed E-state index contributed by atoms with van der Waals surface area (Å²) in [5, 5.41) is 14.5. The Kier molecular flexibility index (Phi) is 4.08. The predicted molar refractivity (Wildman–Crippen MR) is 55.4 cm³/mol. The van der Waals surface area contributed by atoms with Crippen LogP contribution in [0.3, 0.4) is 0 Å². The van der Waals surface area contributed by atoms with E-state index in [1.807, 2.05) is 0 Å². The summed E-state index contributed by atoms with van der Waals surface area (Å²) in [5.74, 6) is -0.856. The molecule has 0 aromatic carbocycles. The molecule has 1 saturated heterocycles. The number of carboxylic acid groups (broad SMARTS) is 1. The van der Waals surface area contributed by atoms with Crippen LogP contribution in [0.25, 0.3) is 0 Å². The van der Waals surface area contributed by atoms with Crippen LogP contribution in [0, 0.1) is 11.8 Å². The van der Waals surface area contributed by atoms with Gasteiger partial charge < -0.3 is 15.7 Å². The van der Waals surface area contributed by atoms with Crippen LogP contribution in [0.5, 0.6) is 0 Å². The second kappa shape index (κ2) is 5.11. The molecule has 0 aromatic rings. The second-order valence-corrected chi connectivity index (χ2v) is 4.36. The summed E-state index contributed by atoms with van der Waals surface area (Å²) >= 11 is 0. The van der Waals surface area contributed by atoms with Gasteiger partial charge in [-0.15, -0.1) is 0 Å². The molecule has 0 radical (unpaired) electrons. The molecule has 0 aliphatic carbocycles. The molecule has 0 aromatic heterocycles. The molecular formula is C10H18N2O3. The number of nitrogens with one attached hydrogen (secondary N) is 2. The van der Waals surface area contributed by atoms with Gasteiger partial charge in [-0.05, 0) is 24.9 Å². The van der Waals surface area contributed by atoms with Crippen LogP contribution in [0.2, 0.25) is 0 Å². The fourth-order valence-corrected chi connectivity index (χ4v) is 1.50. The Hall–Kier alpha value is -1.10. The standard InChI is InChI=1S/C10H18N2O3/c1-6(2)9(10(14)15)12-8(13)3-7-4-11-5-7/h6-7,9,11H,3-5H2,1-2H3,(H,12,13)(H,14,15)/t9-/m1/s1. The average Bonchev–Trinajstić information content (AvgIpc) is 2.06. The minimum Gasteiger partial charge on any atom is -0.480 e. The van der Waals surface area contributed by atoms with Crippen LogP contribution in [-0.2, 0) is 9.59 Å². The zero-order valence-electron chi connectivity index (χ0n) is 9.12. The van der Waals surface area contributed by atoms with Gasteiger partial charge in [0, 0.05) is 6.42 Å². The molecule has 1 rings (SSSR count). The molecule has 0 unspecified atom stereocenters. The summed E-state index contributed by atoms with van der Waals surface area (Å²) in [4.78, 5) is 22.3. The van der Waals surface area contributed by atoms with Gasteiger partial charge in [-0.2, -0.15) is 0 Å². The minimum atomic E-state index is -0.968. The number of hydrogen-bond donors (Lipinski definition) is 3. The number of aliphatic carboxylic acids is 1. The van der Waals surface area contributed by atoms with Gasteiger partial charge in [-0.1, -0.05) is 13.8 Å². The molecule has 1 heterocycles. The molecule has 15 heavy (non-hydrogen) atoms. The van der Waals surface area contributed by atoms with Gasteiger partial charge in [0.2, 0.25) is 5.91 Å². The largest absolute Gasteiger partial charge is 0.480 e. The van der Waals surface area contributed by atoms with E-state index < -0.39 is 12.0 Å². The Morgan fingerprint density at radius 1 is 1.47 bits per heavy atom. The molecule has 0 spiro atoms. The lowest BCUT2D eigenvalue weighted by Crippen LogP contribution is -2.48. The summed E-state index contributed by atoms with van der Waals surface area (Å²) < 4.78 is 0. The highest BCUT2D eigenvalue weighted by Crippen LogP contribution is 2.09. The molecule has 86 valence electrons. The van der Waals surface area contributed by atoms with Crippen molar-refractivity contribution in [1.29, 1.82) is 0 Å². The van der Waals surface area contributed by atoms with Gasteiger partial charge >= 0.3 is 5.97 Å². The third kappa shape index (κ3) is 3.51. The SMILES string of the molecule is CC(C)[C@@H](NC(=O)CC1CNC1)C(=O)O. The van der Waals surface area contributed by atoms with Crippen LogP contribution < -0.4 is 10.6 Å². The van der Waals surface area contributed by atoms with E-state index in [9.17, 15) is 9.59 Å². The first-order chi connectivity index (χ1) is 7.00. The third-order valence-corrected chi connectivity index (χ3v) is 2.59. The molecule has 1 aliphatic rings. The fraction of sp³-hybridized carbons (Fsp3) is 0.800. The lowest BCUT2D eigenvalue weighted by molar-refractivity contribution is -0.143. The monoisotopic (exact) mass is 214 g/mol. The van der Waals surface area contributed by atoms with Crippen molar-refractivity contribution in [2.24, 2.45) is 11.8 Å². The van der Waals surface area contributed by atoms with Crippen molar-refractivity contribution in [1.82, 2.24) is 10.6 Å². The molecule has 3 N–H and O–H groups in total. The molecule has 1 amide bonds. The van der Waals surface area contributed by atoms with Crippen LogP contribution in [0.1, 0.15) is 20.3 Å². The molecule has 0 saturated carbocycles. The highest BCUT2D eigenvalue weighted by Gasteiger charge is 2.26. The molecule has 5 nitrogen and oxygen atoms in total. The Balaban J connectivity index is 2.36. The molecular weight excluding hydrogens is 196 g/mol. The van der Waals surface area contributed by atoms with Crippen molar-refractivity contribution in [2.75, 3.05) is 13.1 Å². The fourth-order valence-electron chi connectivity index (χ4n) is 1.50. The van der Waals surface area contributed by atoms with Gasteiger partial charge in [-0.3, -0.25) is 4.79 Å². The van der Waals surface area contributed by atoms with Crippen molar-refractivity contribution in [3.05, 3.63) is 0 Å². The summed E-state index contributed by atoms with van der Waals surface area (Å²) in [5.41, 5.74) is 0. The van der Waals surface area contributed by atoms with Gasteiger partial charge in [0.15, 0.2) is 0 Å². The predicted octanol–water partition coefficient (Wildman–Crippen LogP) is -0.179. The van der Waals surface area contributed by atoms with Crippen molar-refractivity contribution < 1.29 is 14.7 Å². The van der Waals surface area contributed by atoms with Crippen LogP contribution in [0.4, 0.5) is 0 Å². The maximum atomic E-state index is 11.5. The van der Waals surface area contributed by atoms with Crippen LogP contribution in [0.15, 0.2) is 0 Å². The first-order valence-corrected chi connectivity index (χ1v) is 5.23. The van der Waals surface area contributed by atoms with Crippen molar-refractivity contribution in [2.45, 2.75) is 26.3 Å². The van der Waals surface area contributed by atoms with Crippen LogP contribution in [-0.4, -0.2) is 36.1 Å². The average molecular weight is 214 g/mol. The second-order valence-electron chi connectivity index (χ2n) is 4.36. The first kappa shape index (κ1) is 12.0. The van der Waals surface area contributed by atoms with E-state index in [0.717, 1.165) is 13.1 Å². The molecule has 1 fully saturated rings. The van der Waals surface area contributed by atoms with Gasteiger partial charge in [0.1, 0.15) is 6.04 Å². The summed E-state index contributed by atoms with van der Waals surface area (Å²) in [6.45, 7) is 5.27. The summed E-state index contributed by atoms with van der Waals surface area (Å²) in [7, 11) is 0. The Morgan fingerprint density at radius 2 is 2.07 bits per heavy atom. The van der Waals surface area contributed by atoms with Gasteiger partial charge in [0.25, 0.3) is 0 Å². The molecule has 1 aliphatic heterocycles. The quantitative estimate of drug-likeness (QED) is 0.593. The number of amides is 1. The first-order valence-electron chi connectivity index (χ1n) is 5.23. The van der Waals surface area contributed by atoms with E-state index in [-0.39, 0.29) is 11.8 Å². The van der Waals surface area contributed by atoms with Crippen molar-refractivity contribution in [3.63, 3.8) is 0 Å². The highest BCUT2D eigenvalue weighted by atomic mass is 16.4. The molecule has 0 bridgehead atoms. The smallest absolute Gasteiger partial charge is 0.326 e. The maximum absolute atomic E-state index is 11.5. The number of carbonyl (C=O) groups is 2. The normalized spacial score (nSPS) is 18.3. The zero-order chi connectivity index (χ0) is 11.4. The lowest BCUT2D eigenvalue weighted by atomic mass is 9.98. The number of hydrogen-bond acceptors (Lipinski definition) is 3. The van der Waals surface area contributed by atoms with E-state index in [2.05, 4.69) is 10.6 Å². The van der Waals surface area contributed by atoms with E-state index >= 15 is 0 Å². The summed E-state index contributed by atoms with van der Waals surface area (Å²) in [6.07, 6.45) is 0.420. The summed E-state index contributed by atoms with van der Waals surface area (Å²) in [6, 6.07) is -0.773. The van der Waals surface area contributed by atoms with Crippen molar-refractivity contribution in [3.8, 4) is 0 Å².